The van der Waals surface area contributed by atoms with E-state index in [9.17, 15) is 14.0 Å². The zero-order valence-corrected chi connectivity index (χ0v) is 18.6. The van der Waals surface area contributed by atoms with Crippen molar-refractivity contribution in [1.29, 1.82) is 0 Å². The second-order valence-electron chi connectivity index (χ2n) is 8.78. The van der Waals surface area contributed by atoms with E-state index in [1.165, 1.54) is 11.0 Å². The number of imide groups is 1. The van der Waals surface area contributed by atoms with Crippen LogP contribution in [-0.4, -0.2) is 48.2 Å². The molecule has 2 aromatic carbocycles. The lowest BCUT2D eigenvalue weighted by Crippen LogP contribution is -2.37. The molecule has 0 bridgehead atoms. The van der Waals surface area contributed by atoms with Crippen molar-refractivity contribution in [3.8, 4) is 11.1 Å². The Kier molecular flexibility index (Phi) is 6.86. The van der Waals surface area contributed by atoms with Crippen LogP contribution < -0.4 is 10.6 Å². The summed E-state index contributed by atoms with van der Waals surface area (Å²) in [5.41, 5.74) is 3.53. The zero-order valence-electron chi connectivity index (χ0n) is 18.6. The fourth-order valence-corrected chi connectivity index (χ4v) is 4.29. The van der Waals surface area contributed by atoms with Gasteiger partial charge >= 0.3 is 6.03 Å². The van der Waals surface area contributed by atoms with Crippen LogP contribution in [0.4, 0.5) is 9.18 Å². The fraction of sp³-hybridized carbons (Fsp3) is 0.440. The van der Waals surface area contributed by atoms with Gasteiger partial charge in [-0.2, -0.15) is 0 Å². The molecule has 0 saturated carbocycles. The van der Waals surface area contributed by atoms with Crippen molar-refractivity contribution in [2.75, 3.05) is 13.2 Å². The van der Waals surface area contributed by atoms with Gasteiger partial charge < -0.3 is 15.4 Å². The lowest BCUT2D eigenvalue weighted by molar-refractivity contribution is -0.128. The predicted molar refractivity (Wildman–Crippen MR) is 121 cm³/mol. The summed E-state index contributed by atoms with van der Waals surface area (Å²) in [4.78, 5) is 25.8. The smallest absolute Gasteiger partial charge is 0.325 e. The number of hydrogen-bond acceptors (Lipinski definition) is 4. The molecule has 7 heteroatoms. The molecule has 2 N–H and O–H groups in total. The molecule has 3 amide bonds. The van der Waals surface area contributed by atoms with Crippen molar-refractivity contribution in [1.82, 2.24) is 15.5 Å². The zero-order chi connectivity index (χ0) is 22.7. The molecule has 0 radical (unpaired) electrons. The Morgan fingerprint density at radius 1 is 1.09 bits per heavy atom. The summed E-state index contributed by atoms with van der Waals surface area (Å²) >= 11 is 0. The number of carbonyl (C=O) groups is 2. The third kappa shape index (κ3) is 5.00. The maximum Gasteiger partial charge on any atom is 0.325 e. The van der Waals surface area contributed by atoms with Crippen molar-refractivity contribution in [3.63, 3.8) is 0 Å². The highest BCUT2D eigenvalue weighted by molar-refractivity contribution is 6.04. The Morgan fingerprint density at radius 2 is 1.78 bits per heavy atom. The van der Waals surface area contributed by atoms with Gasteiger partial charge in [-0.25, -0.2) is 9.18 Å². The number of nitrogens with one attached hydrogen (secondary N) is 2. The highest BCUT2D eigenvalue weighted by Crippen LogP contribution is 2.24. The largest absolute Gasteiger partial charge is 0.381 e. The number of halogens is 1. The molecule has 2 aromatic rings. The number of benzene rings is 2. The molecule has 4 rings (SSSR count). The van der Waals surface area contributed by atoms with Crippen LogP contribution in [0.3, 0.4) is 0 Å². The second-order valence-corrected chi connectivity index (χ2v) is 8.78. The van der Waals surface area contributed by atoms with Gasteiger partial charge in [0.25, 0.3) is 5.91 Å². The molecule has 170 valence electrons. The predicted octanol–water partition coefficient (Wildman–Crippen LogP) is 3.63. The fourth-order valence-electron chi connectivity index (χ4n) is 4.29. The summed E-state index contributed by atoms with van der Waals surface area (Å²) in [6.45, 7) is 5.63. The summed E-state index contributed by atoms with van der Waals surface area (Å²) in [6, 6.07) is 12.4. The van der Waals surface area contributed by atoms with E-state index >= 15 is 0 Å². The molecule has 2 saturated heterocycles. The Hall–Kier alpha value is -2.77. The number of urea groups is 1. The Bertz CT molecular complexity index is 971. The van der Waals surface area contributed by atoms with Crippen molar-refractivity contribution < 1.29 is 18.7 Å². The van der Waals surface area contributed by atoms with Crippen molar-refractivity contribution in [3.05, 3.63) is 59.4 Å². The van der Waals surface area contributed by atoms with Crippen LogP contribution in [0.15, 0.2) is 42.5 Å². The molecule has 2 heterocycles. The van der Waals surface area contributed by atoms with E-state index in [0.717, 1.165) is 42.7 Å². The number of rotatable bonds is 7. The average Bonchev–Trinajstić information content (AvgIpc) is 3.07. The summed E-state index contributed by atoms with van der Waals surface area (Å²) < 4.78 is 19.7. The summed E-state index contributed by atoms with van der Waals surface area (Å²) in [5, 5.41) is 6.20. The van der Waals surface area contributed by atoms with Crippen LogP contribution in [0.2, 0.25) is 0 Å². The van der Waals surface area contributed by atoms with Gasteiger partial charge in [-0.15, -0.1) is 0 Å². The van der Waals surface area contributed by atoms with E-state index in [0.29, 0.717) is 24.6 Å². The third-order valence-electron chi connectivity index (χ3n) is 6.14. The Morgan fingerprint density at radius 3 is 2.44 bits per heavy atom. The molecule has 0 aliphatic carbocycles. The first-order valence-corrected chi connectivity index (χ1v) is 11.2. The summed E-state index contributed by atoms with van der Waals surface area (Å²) in [6.07, 6.45) is 2.33. The topological polar surface area (TPSA) is 70.7 Å². The monoisotopic (exact) mass is 439 g/mol. The first kappa shape index (κ1) is 22.4. The third-order valence-corrected chi connectivity index (χ3v) is 6.14. The molecule has 2 fully saturated rings. The first-order chi connectivity index (χ1) is 15.4. The maximum atomic E-state index is 14.4. The minimum absolute atomic E-state index is 0.163. The number of ether oxygens (including phenoxy) is 1. The van der Waals surface area contributed by atoms with Crippen molar-refractivity contribution >= 4 is 11.9 Å². The van der Waals surface area contributed by atoms with Gasteiger partial charge in [-0.1, -0.05) is 30.3 Å². The number of hydrogen-bond donors (Lipinski definition) is 2. The van der Waals surface area contributed by atoms with E-state index in [1.54, 1.807) is 6.07 Å². The lowest BCUT2D eigenvalue weighted by Gasteiger charge is -2.23. The molecule has 0 aromatic heterocycles. The molecule has 2 aliphatic heterocycles. The summed E-state index contributed by atoms with van der Waals surface area (Å²) in [5.74, 6) is -0.399. The van der Waals surface area contributed by atoms with Gasteiger partial charge in [0.05, 0.1) is 0 Å². The van der Waals surface area contributed by atoms with Gasteiger partial charge in [0.2, 0.25) is 0 Å². The van der Waals surface area contributed by atoms with Crippen molar-refractivity contribution in [2.24, 2.45) is 0 Å². The van der Waals surface area contributed by atoms with Crippen LogP contribution in [0, 0.1) is 5.82 Å². The van der Waals surface area contributed by atoms with Gasteiger partial charge in [0.1, 0.15) is 11.9 Å². The SMILES string of the molecule is CC(C)N1C(=O)NC(Cc2ccc(-c3ccc(F)c(CNC4CCOCC4)c3)cc2)C1=O. The first-order valence-electron chi connectivity index (χ1n) is 11.2. The van der Waals surface area contributed by atoms with E-state index < -0.39 is 6.04 Å². The maximum absolute atomic E-state index is 14.4. The average molecular weight is 440 g/mol. The molecule has 6 nitrogen and oxygen atoms in total. The molecule has 32 heavy (non-hydrogen) atoms. The van der Waals surface area contributed by atoms with Crippen LogP contribution in [0.25, 0.3) is 11.1 Å². The van der Waals surface area contributed by atoms with Crippen LogP contribution in [0.5, 0.6) is 0 Å². The molecular weight excluding hydrogens is 409 g/mol. The highest BCUT2D eigenvalue weighted by atomic mass is 19.1. The molecule has 1 atom stereocenters. The minimum atomic E-state index is -0.538. The van der Waals surface area contributed by atoms with E-state index in [4.69, 9.17) is 4.74 Å². The van der Waals surface area contributed by atoms with E-state index in [1.807, 2.05) is 44.2 Å². The number of nitrogens with zero attached hydrogens (tertiary/aromatic N) is 1. The van der Waals surface area contributed by atoms with Gasteiger partial charge in [-0.05, 0) is 55.5 Å². The number of carbonyl (C=O) groups excluding carboxylic acids is 2. The molecule has 2 aliphatic rings. The standard InChI is InChI=1S/C25H30FN3O3/c1-16(2)29-24(30)23(28-25(29)31)13-17-3-5-18(6-4-17)19-7-8-22(26)20(14-19)15-27-21-9-11-32-12-10-21/h3-8,14,16,21,23,27H,9-13,15H2,1-2H3,(H,28,31). The molecule has 1 unspecified atom stereocenters. The Labute approximate surface area is 188 Å². The Balaban J connectivity index is 1.41. The minimum Gasteiger partial charge on any atom is -0.381 e. The highest BCUT2D eigenvalue weighted by Gasteiger charge is 2.39. The second kappa shape index (κ2) is 9.79. The van der Waals surface area contributed by atoms with Crippen molar-refractivity contribution in [2.45, 2.75) is 57.8 Å². The van der Waals surface area contributed by atoms with E-state index in [-0.39, 0.29) is 23.8 Å². The van der Waals surface area contributed by atoms with E-state index in [2.05, 4.69) is 10.6 Å². The molecule has 0 spiro atoms. The quantitative estimate of drug-likeness (QED) is 0.647. The van der Waals surface area contributed by atoms with Gasteiger partial charge in [0.15, 0.2) is 0 Å². The van der Waals surface area contributed by atoms with Gasteiger partial charge in [0, 0.05) is 43.8 Å². The van der Waals surface area contributed by atoms with Crippen LogP contribution in [0.1, 0.15) is 37.8 Å². The number of amides is 3. The summed E-state index contributed by atoms with van der Waals surface area (Å²) in [7, 11) is 0. The normalized spacial score (nSPS) is 19.6. The van der Waals surface area contributed by atoms with Crippen LogP contribution >= 0.6 is 0 Å². The van der Waals surface area contributed by atoms with Crippen LogP contribution in [-0.2, 0) is 22.5 Å². The molecular formula is C25H30FN3O3. The lowest BCUT2D eigenvalue weighted by atomic mass is 9.99. The van der Waals surface area contributed by atoms with Gasteiger partial charge in [-0.3, -0.25) is 9.69 Å².